The van der Waals surface area contributed by atoms with Crippen LogP contribution in [0.3, 0.4) is 0 Å². The van der Waals surface area contributed by atoms with Crippen LogP contribution < -0.4 is 4.74 Å². The summed E-state index contributed by atoms with van der Waals surface area (Å²) in [5.74, 6) is 2.15. The van der Waals surface area contributed by atoms with Gasteiger partial charge in [0.2, 0.25) is 5.91 Å². The van der Waals surface area contributed by atoms with E-state index in [9.17, 15) is 4.79 Å². The van der Waals surface area contributed by atoms with E-state index in [2.05, 4.69) is 52.3 Å². The summed E-state index contributed by atoms with van der Waals surface area (Å²) in [6.45, 7) is 4.60. The second kappa shape index (κ2) is 10.1. The van der Waals surface area contributed by atoms with Gasteiger partial charge >= 0.3 is 0 Å². The quantitative estimate of drug-likeness (QED) is 0.713. The molecule has 4 rings (SSSR count). The van der Waals surface area contributed by atoms with Crippen molar-refractivity contribution in [3.63, 3.8) is 0 Å². The second-order valence-electron chi connectivity index (χ2n) is 8.84. The van der Waals surface area contributed by atoms with Crippen LogP contribution in [-0.2, 0) is 17.8 Å². The monoisotopic (exact) mass is 406 g/mol. The van der Waals surface area contributed by atoms with E-state index in [-0.39, 0.29) is 5.92 Å². The van der Waals surface area contributed by atoms with Crippen molar-refractivity contribution < 1.29 is 9.53 Å². The number of likely N-dealkylation sites (tertiary alicyclic amines) is 2. The van der Waals surface area contributed by atoms with Gasteiger partial charge in [-0.2, -0.15) is 0 Å². The number of hydrogen-bond donors (Lipinski definition) is 0. The highest BCUT2D eigenvalue weighted by molar-refractivity contribution is 5.79. The first-order chi connectivity index (χ1) is 14.7. The molecular weight excluding hydrogens is 372 g/mol. The number of hydrogen-bond acceptors (Lipinski definition) is 3. The Morgan fingerprint density at radius 2 is 1.70 bits per heavy atom. The lowest BCUT2D eigenvalue weighted by Gasteiger charge is -2.38. The first-order valence-corrected chi connectivity index (χ1v) is 11.4. The molecule has 0 unspecified atom stereocenters. The SMILES string of the molecule is COc1ccccc1CN1CCC[C@H](C(=O)N2CCC(Cc3ccccc3)CC2)C1. The summed E-state index contributed by atoms with van der Waals surface area (Å²) in [5, 5.41) is 0. The number of piperidine rings is 2. The van der Waals surface area contributed by atoms with E-state index in [1.165, 1.54) is 11.1 Å². The van der Waals surface area contributed by atoms with E-state index in [1.54, 1.807) is 7.11 Å². The van der Waals surface area contributed by atoms with Gasteiger partial charge in [-0.05, 0) is 56.2 Å². The Labute approximate surface area is 180 Å². The number of ether oxygens (including phenoxy) is 1. The third-order valence-corrected chi connectivity index (χ3v) is 6.73. The zero-order valence-electron chi connectivity index (χ0n) is 18.1. The van der Waals surface area contributed by atoms with Crippen molar-refractivity contribution in [2.24, 2.45) is 11.8 Å². The first kappa shape index (κ1) is 20.9. The third kappa shape index (κ3) is 5.23. The number of amides is 1. The number of carbonyl (C=O) groups is 1. The van der Waals surface area contributed by atoms with Gasteiger partial charge in [0.1, 0.15) is 5.75 Å². The number of carbonyl (C=O) groups excluding carboxylic acids is 1. The molecule has 2 aliphatic rings. The van der Waals surface area contributed by atoms with Crippen LogP contribution in [0.4, 0.5) is 0 Å². The number of methoxy groups -OCH3 is 1. The van der Waals surface area contributed by atoms with Gasteiger partial charge in [0.15, 0.2) is 0 Å². The van der Waals surface area contributed by atoms with E-state index in [4.69, 9.17) is 4.74 Å². The highest BCUT2D eigenvalue weighted by atomic mass is 16.5. The zero-order chi connectivity index (χ0) is 20.8. The molecule has 2 fully saturated rings. The van der Waals surface area contributed by atoms with Crippen LogP contribution in [0.15, 0.2) is 54.6 Å². The maximum absolute atomic E-state index is 13.2. The summed E-state index contributed by atoms with van der Waals surface area (Å²) in [7, 11) is 1.72. The van der Waals surface area contributed by atoms with Gasteiger partial charge in [-0.15, -0.1) is 0 Å². The highest BCUT2D eigenvalue weighted by Gasteiger charge is 2.31. The van der Waals surface area contributed by atoms with Crippen LogP contribution in [0, 0.1) is 11.8 Å². The molecule has 2 aliphatic heterocycles. The number of para-hydroxylation sites is 1. The van der Waals surface area contributed by atoms with Crippen molar-refractivity contribution in [2.75, 3.05) is 33.3 Å². The average Bonchev–Trinajstić information content (AvgIpc) is 2.80. The van der Waals surface area contributed by atoms with Crippen LogP contribution >= 0.6 is 0 Å². The summed E-state index contributed by atoms with van der Waals surface area (Å²) in [4.78, 5) is 17.8. The average molecular weight is 407 g/mol. The van der Waals surface area contributed by atoms with E-state index >= 15 is 0 Å². The Kier molecular flexibility index (Phi) is 7.06. The smallest absolute Gasteiger partial charge is 0.226 e. The van der Waals surface area contributed by atoms with E-state index in [0.29, 0.717) is 11.8 Å². The molecule has 0 bridgehead atoms. The molecular formula is C26H34N2O2. The van der Waals surface area contributed by atoms with Crippen LogP contribution in [0.5, 0.6) is 5.75 Å². The van der Waals surface area contributed by atoms with E-state index in [1.807, 2.05) is 12.1 Å². The summed E-state index contributed by atoms with van der Waals surface area (Å²) < 4.78 is 5.51. The van der Waals surface area contributed by atoms with Crippen molar-refractivity contribution in [2.45, 2.75) is 38.6 Å². The fourth-order valence-corrected chi connectivity index (χ4v) is 5.04. The van der Waals surface area contributed by atoms with Gasteiger partial charge < -0.3 is 9.64 Å². The topological polar surface area (TPSA) is 32.8 Å². The summed E-state index contributed by atoms with van der Waals surface area (Å²) in [6.07, 6.45) is 5.50. The fourth-order valence-electron chi connectivity index (χ4n) is 5.04. The van der Waals surface area contributed by atoms with E-state index < -0.39 is 0 Å². The molecule has 0 saturated carbocycles. The zero-order valence-corrected chi connectivity index (χ0v) is 18.1. The van der Waals surface area contributed by atoms with Crippen LogP contribution in [0.1, 0.15) is 36.8 Å². The van der Waals surface area contributed by atoms with Gasteiger partial charge in [-0.25, -0.2) is 0 Å². The Balaban J connectivity index is 1.28. The Bertz CT molecular complexity index is 815. The van der Waals surface area contributed by atoms with Gasteiger partial charge in [0.05, 0.1) is 13.0 Å². The molecule has 30 heavy (non-hydrogen) atoms. The minimum absolute atomic E-state index is 0.138. The van der Waals surface area contributed by atoms with Crippen LogP contribution in [-0.4, -0.2) is 49.0 Å². The molecule has 2 aromatic carbocycles. The third-order valence-electron chi connectivity index (χ3n) is 6.73. The number of rotatable bonds is 6. The first-order valence-electron chi connectivity index (χ1n) is 11.4. The molecule has 2 saturated heterocycles. The normalized spacial score (nSPS) is 20.8. The maximum atomic E-state index is 13.2. The van der Waals surface area contributed by atoms with Crippen molar-refractivity contribution in [3.8, 4) is 5.75 Å². The van der Waals surface area contributed by atoms with Gasteiger partial charge in [0, 0.05) is 31.7 Å². The lowest BCUT2D eigenvalue weighted by atomic mass is 9.89. The summed E-state index contributed by atoms with van der Waals surface area (Å²) in [6, 6.07) is 19.0. The molecule has 0 aliphatic carbocycles. The standard InChI is InChI=1S/C26H34N2O2/c1-30-25-12-6-5-10-23(25)19-27-15-7-11-24(20-27)26(29)28-16-13-22(14-17-28)18-21-8-3-2-4-9-21/h2-6,8-10,12,22,24H,7,11,13-20H2,1H3/t24-/m0/s1. The molecule has 4 heteroatoms. The van der Waals surface area contributed by atoms with Crippen molar-refractivity contribution in [1.82, 2.24) is 9.80 Å². The molecule has 4 nitrogen and oxygen atoms in total. The largest absolute Gasteiger partial charge is 0.496 e. The molecule has 0 aromatic heterocycles. The number of benzene rings is 2. The molecule has 0 radical (unpaired) electrons. The van der Waals surface area contributed by atoms with Gasteiger partial charge in [0.25, 0.3) is 0 Å². The lowest BCUT2D eigenvalue weighted by molar-refractivity contribution is -0.138. The van der Waals surface area contributed by atoms with Gasteiger partial charge in [-0.1, -0.05) is 48.5 Å². The van der Waals surface area contributed by atoms with Crippen molar-refractivity contribution >= 4 is 5.91 Å². The molecule has 2 heterocycles. The highest BCUT2D eigenvalue weighted by Crippen LogP contribution is 2.27. The molecule has 1 atom stereocenters. The predicted octanol–water partition coefficient (Wildman–Crippen LogP) is 4.39. The van der Waals surface area contributed by atoms with Crippen molar-refractivity contribution in [1.29, 1.82) is 0 Å². The van der Waals surface area contributed by atoms with Crippen LogP contribution in [0.25, 0.3) is 0 Å². The maximum Gasteiger partial charge on any atom is 0.226 e. The molecule has 2 aromatic rings. The second-order valence-corrected chi connectivity index (χ2v) is 8.84. The van der Waals surface area contributed by atoms with Crippen LogP contribution in [0.2, 0.25) is 0 Å². The van der Waals surface area contributed by atoms with Gasteiger partial charge in [-0.3, -0.25) is 9.69 Å². The predicted molar refractivity (Wildman–Crippen MR) is 120 cm³/mol. The molecule has 1 amide bonds. The molecule has 160 valence electrons. The minimum Gasteiger partial charge on any atom is -0.496 e. The molecule has 0 N–H and O–H groups in total. The fraction of sp³-hybridized carbons (Fsp3) is 0.500. The Morgan fingerprint density at radius 1 is 0.967 bits per heavy atom. The Morgan fingerprint density at radius 3 is 2.47 bits per heavy atom. The summed E-state index contributed by atoms with van der Waals surface area (Å²) >= 11 is 0. The minimum atomic E-state index is 0.138. The number of nitrogens with zero attached hydrogens (tertiary/aromatic N) is 2. The molecule has 0 spiro atoms. The van der Waals surface area contributed by atoms with E-state index in [0.717, 1.165) is 70.6 Å². The summed E-state index contributed by atoms with van der Waals surface area (Å²) in [5.41, 5.74) is 2.62. The van der Waals surface area contributed by atoms with Crippen molar-refractivity contribution in [3.05, 3.63) is 65.7 Å². The Hall–Kier alpha value is -2.33. The lowest BCUT2D eigenvalue weighted by Crippen LogP contribution is -2.47.